The van der Waals surface area contributed by atoms with Crippen molar-refractivity contribution in [1.29, 1.82) is 0 Å². The van der Waals surface area contributed by atoms with E-state index < -0.39 is 0 Å². The monoisotopic (exact) mass is 849 g/mol. The van der Waals surface area contributed by atoms with Gasteiger partial charge in [-0.05, 0) is 137 Å². The second kappa shape index (κ2) is 31.0. The van der Waals surface area contributed by atoms with Gasteiger partial charge in [0.05, 0.1) is 25.4 Å². The molecule has 0 bridgehead atoms. The number of hydrogen-bond acceptors (Lipinski definition) is 8. The first-order valence-corrected chi connectivity index (χ1v) is 25.0. The number of rotatable bonds is 34. The van der Waals surface area contributed by atoms with E-state index in [1.165, 1.54) is 101 Å². The summed E-state index contributed by atoms with van der Waals surface area (Å²) >= 11 is 0. The van der Waals surface area contributed by atoms with Gasteiger partial charge in [-0.25, -0.2) is 19.9 Å². The van der Waals surface area contributed by atoms with E-state index in [2.05, 4.69) is 58.0 Å². The number of nitrogens with zero attached hydrogens (tertiary/aromatic N) is 4. The predicted molar refractivity (Wildman–Crippen MR) is 255 cm³/mol. The molecule has 8 heteroatoms. The average molecular weight is 849 g/mol. The summed E-state index contributed by atoms with van der Waals surface area (Å²) in [5.41, 5.74) is 4.50. The van der Waals surface area contributed by atoms with E-state index in [9.17, 15) is 0 Å². The van der Waals surface area contributed by atoms with Gasteiger partial charge in [0.15, 0.2) is 11.6 Å². The second-order valence-electron chi connectivity index (χ2n) is 17.5. The minimum Gasteiger partial charge on any atom is -0.494 e. The molecule has 2 aromatic heterocycles. The first-order valence-electron chi connectivity index (χ1n) is 25.0. The van der Waals surface area contributed by atoms with Crippen LogP contribution in [0.5, 0.6) is 11.5 Å². The molecule has 0 N–H and O–H groups in total. The van der Waals surface area contributed by atoms with Crippen molar-refractivity contribution in [2.24, 2.45) is 0 Å². The SMILES string of the molecule is CCCCCCCCc1cnc(-c2ccc(OCCCCCCO[C@H]3CCCC[C@@H]3OCCCCCCOc3ccc(-c4ncc(CCCCCCCC)cn4)cc3)cc2)nc1. The zero-order valence-corrected chi connectivity index (χ0v) is 38.7. The van der Waals surface area contributed by atoms with Crippen molar-refractivity contribution in [2.75, 3.05) is 26.4 Å². The molecule has 1 fully saturated rings. The van der Waals surface area contributed by atoms with Crippen molar-refractivity contribution in [3.63, 3.8) is 0 Å². The van der Waals surface area contributed by atoms with Crippen LogP contribution in [0.15, 0.2) is 73.3 Å². The number of benzene rings is 2. The highest BCUT2D eigenvalue weighted by Gasteiger charge is 2.26. The molecule has 4 aromatic rings. The van der Waals surface area contributed by atoms with Crippen LogP contribution < -0.4 is 9.47 Å². The van der Waals surface area contributed by atoms with E-state index in [0.717, 1.165) is 138 Å². The zero-order valence-electron chi connectivity index (χ0n) is 38.7. The maximum absolute atomic E-state index is 6.38. The normalized spacial score (nSPS) is 15.2. The molecule has 1 saturated carbocycles. The Labute approximate surface area is 375 Å². The van der Waals surface area contributed by atoms with E-state index in [1.807, 2.05) is 49.1 Å². The zero-order chi connectivity index (χ0) is 43.1. The average Bonchev–Trinajstić information content (AvgIpc) is 3.31. The van der Waals surface area contributed by atoms with Crippen molar-refractivity contribution in [3.05, 3.63) is 84.4 Å². The maximum atomic E-state index is 6.38. The summed E-state index contributed by atoms with van der Waals surface area (Å²) in [6.07, 6.45) is 39.8. The van der Waals surface area contributed by atoms with Crippen molar-refractivity contribution in [1.82, 2.24) is 19.9 Å². The van der Waals surface area contributed by atoms with Gasteiger partial charge in [-0.3, -0.25) is 0 Å². The number of unbranched alkanes of at least 4 members (excludes halogenated alkanes) is 16. The van der Waals surface area contributed by atoms with Crippen LogP contribution >= 0.6 is 0 Å². The highest BCUT2D eigenvalue weighted by molar-refractivity contribution is 5.56. The quantitative estimate of drug-likeness (QED) is 0.0430. The fourth-order valence-electron chi connectivity index (χ4n) is 8.29. The molecule has 0 amide bonds. The van der Waals surface area contributed by atoms with E-state index in [4.69, 9.17) is 18.9 Å². The minimum atomic E-state index is 0.240. The maximum Gasteiger partial charge on any atom is 0.159 e. The van der Waals surface area contributed by atoms with E-state index in [1.54, 1.807) is 0 Å². The summed E-state index contributed by atoms with van der Waals surface area (Å²) in [5, 5.41) is 0. The van der Waals surface area contributed by atoms with Crippen LogP contribution in [0.4, 0.5) is 0 Å². The molecule has 2 aromatic carbocycles. The second-order valence-corrected chi connectivity index (χ2v) is 17.5. The Hall–Kier alpha value is -3.88. The first kappa shape index (κ1) is 49.1. The molecular weight excluding hydrogens is 769 g/mol. The predicted octanol–water partition coefficient (Wildman–Crippen LogP) is 14.3. The number of ether oxygens (including phenoxy) is 4. The number of aryl methyl sites for hydroxylation is 2. The lowest BCUT2D eigenvalue weighted by molar-refractivity contribution is -0.0934. The lowest BCUT2D eigenvalue weighted by Gasteiger charge is -2.31. The molecule has 0 unspecified atom stereocenters. The third-order valence-corrected chi connectivity index (χ3v) is 12.2. The molecule has 2 heterocycles. The van der Waals surface area contributed by atoms with Crippen molar-refractivity contribution in [3.8, 4) is 34.3 Å². The van der Waals surface area contributed by atoms with Crippen LogP contribution in [0.2, 0.25) is 0 Å². The first-order chi connectivity index (χ1) is 30.7. The summed E-state index contributed by atoms with van der Waals surface area (Å²) in [5.74, 6) is 3.35. The van der Waals surface area contributed by atoms with Gasteiger partial charge < -0.3 is 18.9 Å². The fourth-order valence-corrected chi connectivity index (χ4v) is 8.29. The third-order valence-electron chi connectivity index (χ3n) is 12.2. The Morgan fingerprint density at radius 2 is 0.742 bits per heavy atom. The van der Waals surface area contributed by atoms with Gasteiger partial charge in [-0.15, -0.1) is 0 Å². The molecule has 0 spiro atoms. The van der Waals surface area contributed by atoms with Gasteiger partial charge in [-0.2, -0.15) is 0 Å². The van der Waals surface area contributed by atoms with Gasteiger partial charge in [0.25, 0.3) is 0 Å². The number of hydrogen-bond donors (Lipinski definition) is 0. The molecule has 0 radical (unpaired) electrons. The minimum absolute atomic E-state index is 0.240. The Kier molecular flexibility index (Phi) is 24.6. The molecule has 62 heavy (non-hydrogen) atoms. The van der Waals surface area contributed by atoms with Gasteiger partial charge in [0.2, 0.25) is 0 Å². The Morgan fingerprint density at radius 3 is 1.13 bits per heavy atom. The van der Waals surface area contributed by atoms with E-state index in [-0.39, 0.29) is 12.2 Å². The van der Waals surface area contributed by atoms with Gasteiger partial charge in [-0.1, -0.05) is 104 Å². The molecule has 2 atom stereocenters. The Morgan fingerprint density at radius 1 is 0.403 bits per heavy atom. The van der Waals surface area contributed by atoms with Crippen LogP contribution in [0.1, 0.15) is 179 Å². The smallest absolute Gasteiger partial charge is 0.159 e. The van der Waals surface area contributed by atoms with Gasteiger partial charge in [0.1, 0.15) is 11.5 Å². The Balaban J connectivity index is 0.837. The van der Waals surface area contributed by atoms with Crippen LogP contribution in [-0.4, -0.2) is 58.6 Å². The number of aromatic nitrogens is 4. The molecule has 340 valence electrons. The highest BCUT2D eigenvalue weighted by Crippen LogP contribution is 2.26. The van der Waals surface area contributed by atoms with Gasteiger partial charge >= 0.3 is 0 Å². The molecule has 0 aliphatic heterocycles. The van der Waals surface area contributed by atoms with Crippen LogP contribution in [0.25, 0.3) is 22.8 Å². The summed E-state index contributed by atoms with van der Waals surface area (Å²) < 4.78 is 24.8. The molecule has 1 aliphatic carbocycles. The molecule has 0 saturated heterocycles. The third kappa shape index (κ3) is 19.7. The van der Waals surface area contributed by atoms with Crippen molar-refractivity contribution >= 4 is 0 Å². The van der Waals surface area contributed by atoms with Crippen molar-refractivity contribution in [2.45, 2.75) is 193 Å². The highest BCUT2D eigenvalue weighted by atomic mass is 16.5. The molecule has 5 rings (SSSR count). The summed E-state index contributed by atoms with van der Waals surface area (Å²) in [6, 6.07) is 16.4. The van der Waals surface area contributed by atoms with Crippen LogP contribution in [-0.2, 0) is 22.3 Å². The van der Waals surface area contributed by atoms with Crippen LogP contribution in [0, 0.1) is 0 Å². The van der Waals surface area contributed by atoms with Gasteiger partial charge in [0, 0.05) is 49.1 Å². The largest absolute Gasteiger partial charge is 0.494 e. The lowest BCUT2D eigenvalue weighted by atomic mass is 9.94. The molecule has 8 nitrogen and oxygen atoms in total. The summed E-state index contributed by atoms with van der Waals surface area (Å²) in [7, 11) is 0. The topological polar surface area (TPSA) is 88.5 Å². The standard InChI is InChI=1S/C54H80N4O4/c1-3-5-7-9-11-17-25-45-41-55-53(56-42-45)47-29-33-49(34-30-47)59-37-21-13-15-23-39-61-51-27-19-20-28-52(51)62-40-24-16-14-22-38-60-50-35-31-48(32-36-50)54-57-43-46(44-58-54)26-18-12-10-8-6-4-2/h29-36,41-44,51-52H,3-28,37-40H2,1-2H3/t51-,52-/m0/s1. The fraction of sp³-hybridized carbons (Fsp3) is 0.630. The Bertz CT molecular complexity index is 1560. The van der Waals surface area contributed by atoms with E-state index >= 15 is 0 Å². The molecular formula is C54H80N4O4. The lowest BCUT2D eigenvalue weighted by Crippen LogP contribution is -2.35. The van der Waals surface area contributed by atoms with Crippen molar-refractivity contribution < 1.29 is 18.9 Å². The van der Waals surface area contributed by atoms with E-state index in [0.29, 0.717) is 0 Å². The van der Waals surface area contributed by atoms with Crippen LogP contribution in [0.3, 0.4) is 0 Å². The summed E-state index contributed by atoms with van der Waals surface area (Å²) in [6.45, 7) is 7.62. The molecule has 1 aliphatic rings. The summed E-state index contributed by atoms with van der Waals surface area (Å²) in [4.78, 5) is 18.5.